The maximum absolute atomic E-state index is 12.2. The fourth-order valence-electron chi connectivity index (χ4n) is 2.53. The lowest BCUT2D eigenvalue weighted by Gasteiger charge is -2.23. The zero-order chi connectivity index (χ0) is 17.0. The highest BCUT2D eigenvalue weighted by atomic mass is 16.1. The standard InChI is InChI=1S/C20H26N2O/c1-14-10-11-15(2)18(12-14)22-19(23)13-21-17-9-7-6-8-16(17)20(3,4)5/h6-12,21H,13H2,1-5H3,(H,22,23). The molecule has 3 nitrogen and oxygen atoms in total. The lowest BCUT2D eigenvalue weighted by molar-refractivity contribution is -0.114. The predicted molar refractivity (Wildman–Crippen MR) is 98.2 cm³/mol. The smallest absolute Gasteiger partial charge is 0.243 e. The van der Waals surface area contributed by atoms with Crippen LogP contribution >= 0.6 is 0 Å². The summed E-state index contributed by atoms with van der Waals surface area (Å²) in [7, 11) is 0. The van der Waals surface area contributed by atoms with Crippen molar-refractivity contribution in [3.05, 3.63) is 59.2 Å². The van der Waals surface area contributed by atoms with E-state index in [9.17, 15) is 4.79 Å². The monoisotopic (exact) mass is 310 g/mol. The number of carbonyl (C=O) groups excluding carboxylic acids is 1. The third-order valence-electron chi connectivity index (χ3n) is 3.84. The number of carbonyl (C=O) groups is 1. The van der Waals surface area contributed by atoms with Gasteiger partial charge in [0.15, 0.2) is 0 Å². The minimum absolute atomic E-state index is 0.0349. The Hall–Kier alpha value is -2.29. The molecule has 0 saturated carbocycles. The van der Waals surface area contributed by atoms with Gasteiger partial charge >= 0.3 is 0 Å². The van der Waals surface area contributed by atoms with Gasteiger partial charge in [-0.15, -0.1) is 0 Å². The molecule has 1 amide bonds. The second-order valence-corrected chi connectivity index (χ2v) is 7.02. The molecule has 122 valence electrons. The van der Waals surface area contributed by atoms with Crippen LogP contribution in [0.15, 0.2) is 42.5 Å². The number of anilines is 2. The van der Waals surface area contributed by atoms with Crippen molar-refractivity contribution in [1.29, 1.82) is 0 Å². The van der Waals surface area contributed by atoms with Gasteiger partial charge in [0.25, 0.3) is 0 Å². The summed E-state index contributed by atoms with van der Waals surface area (Å²) in [6, 6.07) is 14.2. The number of amides is 1. The van der Waals surface area contributed by atoms with E-state index in [0.29, 0.717) is 0 Å². The molecule has 0 saturated heterocycles. The van der Waals surface area contributed by atoms with Crippen LogP contribution in [0.5, 0.6) is 0 Å². The molecule has 0 radical (unpaired) electrons. The maximum atomic E-state index is 12.2. The van der Waals surface area contributed by atoms with Crippen LogP contribution in [0.4, 0.5) is 11.4 Å². The fraction of sp³-hybridized carbons (Fsp3) is 0.350. The van der Waals surface area contributed by atoms with Crippen LogP contribution in [0.2, 0.25) is 0 Å². The van der Waals surface area contributed by atoms with Gasteiger partial charge in [0.2, 0.25) is 5.91 Å². The molecule has 2 aromatic rings. The van der Waals surface area contributed by atoms with Gasteiger partial charge in [0, 0.05) is 11.4 Å². The van der Waals surface area contributed by atoms with Crippen molar-refractivity contribution in [2.75, 3.05) is 17.2 Å². The van der Waals surface area contributed by atoms with Crippen molar-refractivity contribution in [2.45, 2.75) is 40.0 Å². The van der Waals surface area contributed by atoms with Gasteiger partial charge in [-0.2, -0.15) is 0 Å². The van der Waals surface area contributed by atoms with Crippen LogP contribution < -0.4 is 10.6 Å². The largest absolute Gasteiger partial charge is 0.376 e. The Bertz CT molecular complexity index is 699. The molecular weight excluding hydrogens is 284 g/mol. The molecule has 0 bridgehead atoms. The first kappa shape index (κ1) is 17.1. The van der Waals surface area contributed by atoms with Gasteiger partial charge in [-0.1, -0.05) is 51.1 Å². The molecule has 23 heavy (non-hydrogen) atoms. The predicted octanol–water partition coefficient (Wildman–Crippen LogP) is 4.65. The number of hydrogen-bond acceptors (Lipinski definition) is 2. The molecule has 0 aromatic heterocycles. The zero-order valence-electron chi connectivity index (χ0n) is 14.7. The lowest BCUT2D eigenvalue weighted by atomic mass is 9.86. The van der Waals surface area contributed by atoms with E-state index in [0.717, 1.165) is 22.5 Å². The molecule has 0 aliphatic rings. The molecule has 0 unspecified atom stereocenters. The number of para-hydroxylation sites is 1. The third-order valence-corrected chi connectivity index (χ3v) is 3.84. The molecular formula is C20H26N2O. The minimum Gasteiger partial charge on any atom is -0.376 e. The average molecular weight is 310 g/mol. The van der Waals surface area contributed by atoms with Crippen molar-refractivity contribution in [2.24, 2.45) is 0 Å². The molecule has 0 atom stereocenters. The summed E-state index contributed by atoms with van der Waals surface area (Å²) in [5.41, 5.74) is 5.33. The number of hydrogen-bond donors (Lipinski definition) is 2. The highest BCUT2D eigenvalue weighted by Gasteiger charge is 2.17. The average Bonchev–Trinajstić information content (AvgIpc) is 2.48. The first-order valence-corrected chi connectivity index (χ1v) is 7.98. The highest BCUT2D eigenvalue weighted by Crippen LogP contribution is 2.29. The Morgan fingerprint density at radius 2 is 1.70 bits per heavy atom. The molecule has 0 heterocycles. The Morgan fingerprint density at radius 3 is 2.39 bits per heavy atom. The summed E-state index contributed by atoms with van der Waals surface area (Å²) in [4.78, 5) is 12.2. The zero-order valence-corrected chi connectivity index (χ0v) is 14.7. The van der Waals surface area contributed by atoms with Crippen LogP contribution in [0.25, 0.3) is 0 Å². The normalized spacial score (nSPS) is 11.2. The molecule has 2 rings (SSSR count). The Morgan fingerprint density at radius 1 is 1.00 bits per heavy atom. The molecule has 2 aromatic carbocycles. The molecule has 2 N–H and O–H groups in total. The second kappa shape index (κ2) is 6.86. The molecule has 3 heteroatoms. The van der Waals surface area contributed by atoms with Crippen LogP contribution in [0.3, 0.4) is 0 Å². The van der Waals surface area contributed by atoms with Crippen molar-refractivity contribution in [3.63, 3.8) is 0 Å². The van der Waals surface area contributed by atoms with E-state index < -0.39 is 0 Å². The van der Waals surface area contributed by atoms with Crippen molar-refractivity contribution >= 4 is 17.3 Å². The second-order valence-electron chi connectivity index (χ2n) is 7.02. The SMILES string of the molecule is Cc1ccc(C)c(NC(=O)CNc2ccccc2C(C)(C)C)c1. The van der Waals surface area contributed by atoms with Crippen LogP contribution in [0, 0.1) is 13.8 Å². The van der Waals surface area contributed by atoms with Gasteiger partial charge in [-0.25, -0.2) is 0 Å². The summed E-state index contributed by atoms with van der Waals surface area (Å²) in [6.45, 7) is 10.8. The van der Waals surface area contributed by atoms with E-state index in [2.05, 4.69) is 37.5 Å². The lowest BCUT2D eigenvalue weighted by Crippen LogP contribution is -2.24. The minimum atomic E-state index is -0.0394. The Balaban J connectivity index is 2.04. The summed E-state index contributed by atoms with van der Waals surface area (Å²) in [5.74, 6) is -0.0394. The van der Waals surface area contributed by atoms with Crippen molar-refractivity contribution in [1.82, 2.24) is 0 Å². The van der Waals surface area contributed by atoms with Gasteiger partial charge in [0.1, 0.15) is 0 Å². The van der Waals surface area contributed by atoms with Gasteiger partial charge in [-0.3, -0.25) is 4.79 Å². The maximum Gasteiger partial charge on any atom is 0.243 e. The van der Waals surface area contributed by atoms with Crippen LogP contribution in [0.1, 0.15) is 37.5 Å². The van der Waals surface area contributed by atoms with Crippen LogP contribution in [-0.4, -0.2) is 12.5 Å². The topological polar surface area (TPSA) is 41.1 Å². The van der Waals surface area contributed by atoms with Crippen molar-refractivity contribution < 1.29 is 4.79 Å². The Labute approximate surface area is 139 Å². The van der Waals surface area contributed by atoms with E-state index in [1.165, 1.54) is 5.56 Å². The molecule has 0 spiro atoms. The fourth-order valence-corrected chi connectivity index (χ4v) is 2.53. The molecule has 0 fully saturated rings. The number of rotatable bonds is 4. The van der Waals surface area contributed by atoms with E-state index in [-0.39, 0.29) is 17.9 Å². The number of aryl methyl sites for hydroxylation is 2. The molecule has 0 aliphatic carbocycles. The van der Waals surface area contributed by atoms with E-state index in [1.807, 2.05) is 50.2 Å². The van der Waals surface area contributed by atoms with Gasteiger partial charge < -0.3 is 10.6 Å². The Kier molecular flexibility index (Phi) is 5.09. The number of benzene rings is 2. The van der Waals surface area contributed by atoms with E-state index in [4.69, 9.17) is 0 Å². The molecule has 0 aliphatic heterocycles. The summed E-state index contributed by atoms with van der Waals surface area (Å²) >= 11 is 0. The van der Waals surface area contributed by atoms with E-state index >= 15 is 0 Å². The first-order chi connectivity index (χ1) is 10.8. The third kappa shape index (κ3) is 4.59. The summed E-state index contributed by atoms with van der Waals surface area (Å²) < 4.78 is 0. The van der Waals surface area contributed by atoms with E-state index in [1.54, 1.807) is 0 Å². The number of nitrogens with one attached hydrogen (secondary N) is 2. The first-order valence-electron chi connectivity index (χ1n) is 7.98. The van der Waals surface area contributed by atoms with Gasteiger partial charge in [0.05, 0.1) is 6.54 Å². The quantitative estimate of drug-likeness (QED) is 0.863. The summed E-state index contributed by atoms with van der Waals surface area (Å²) in [5, 5.41) is 6.24. The highest BCUT2D eigenvalue weighted by molar-refractivity contribution is 5.94. The van der Waals surface area contributed by atoms with Crippen LogP contribution in [-0.2, 0) is 10.2 Å². The summed E-state index contributed by atoms with van der Waals surface area (Å²) in [6.07, 6.45) is 0. The van der Waals surface area contributed by atoms with Gasteiger partial charge in [-0.05, 0) is 48.1 Å². The van der Waals surface area contributed by atoms with Crippen molar-refractivity contribution in [3.8, 4) is 0 Å².